The summed E-state index contributed by atoms with van der Waals surface area (Å²) in [6.45, 7) is 0. The number of rotatable bonds is 5. The van der Waals surface area contributed by atoms with Gasteiger partial charge in [0.25, 0.3) is 0 Å². The lowest BCUT2D eigenvalue weighted by molar-refractivity contribution is -0.122. The molecule has 5 heteroatoms. The van der Waals surface area contributed by atoms with Crippen molar-refractivity contribution in [2.24, 2.45) is 0 Å². The predicted molar refractivity (Wildman–Crippen MR) is 76.6 cm³/mol. The summed E-state index contributed by atoms with van der Waals surface area (Å²) in [5.41, 5.74) is 1.21. The molecule has 1 saturated heterocycles. The summed E-state index contributed by atoms with van der Waals surface area (Å²) < 4.78 is 0. The maximum atomic E-state index is 11.6. The minimum Gasteiger partial charge on any atom is -0.345 e. The van der Waals surface area contributed by atoms with Crippen molar-refractivity contribution in [1.29, 1.82) is 0 Å². The van der Waals surface area contributed by atoms with Crippen molar-refractivity contribution in [2.75, 3.05) is 11.5 Å². The van der Waals surface area contributed by atoms with Crippen molar-refractivity contribution in [1.82, 2.24) is 5.32 Å². The number of carbonyl (C=O) groups is 2. The molecule has 1 aliphatic rings. The average Bonchev–Trinajstić information content (AvgIpc) is 2.76. The molecule has 1 amide bonds. The molecule has 1 aliphatic heterocycles. The Morgan fingerprint density at radius 1 is 1.39 bits per heavy atom. The third kappa shape index (κ3) is 4.07. The van der Waals surface area contributed by atoms with Gasteiger partial charge in [-0.15, -0.1) is 11.8 Å². The van der Waals surface area contributed by atoms with E-state index in [1.807, 2.05) is 30.3 Å². The van der Waals surface area contributed by atoms with Crippen LogP contribution in [0.15, 0.2) is 30.3 Å². The van der Waals surface area contributed by atoms with Crippen molar-refractivity contribution in [3.05, 3.63) is 35.9 Å². The molecule has 0 saturated carbocycles. The van der Waals surface area contributed by atoms with Gasteiger partial charge in [0.2, 0.25) is 11.0 Å². The van der Waals surface area contributed by atoms with Crippen LogP contribution < -0.4 is 5.32 Å². The lowest BCUT2D eigenvalue weighted by Gasteiger charge is -2.09. The normalized spacial score (nSPS) is 18.9. The fraction of sp³-hybridized carbons (Fsp3) is 0.385. The number of benzene rings is 1. The fourth-order valence-corrected chi connectivity index (χ4v) is 3.43. The standard InChI is InChI=1S/C13H15NO2S2/c15-12(14-11-6-7-18-13(11)16)9-17-8-10-4-2-1-3-5-10/h1-5,11H,6-9H2,(H,14,15)/t11-/m1/s1. The van der Waals surface area contributed by atoms with E-state index in [9.17, 15) is 9.59 Å². The minimum absolute atomic E-state index is 0.0446. The number of amides is 1. The summed E-state index contributed by atoms with van der Waals surface area (Å²) in [6, 6.07) is 9.78. The first-order chi connectivity index (χ1) is 8.75. The zero-order chi connectivity index (χ0) is 12.8. The summed E-state index contributed by atoms with van der Waals surface area (Å²) in [5.74, 6) is 2.00. The van der Waals surface area contributed by atoms with Crippen LogP contribution in [-0.4, -0.2) is 28.6 Å². The van der Waals surface area contributed by atoms with Crippen LogP contribution in [0.25, 0.3) is 0 Å². The fourth-order valence-electron chi connectivity index (χ4n) is 1.70. The predicted octanol–water partition coefficient (Wildman–Crippen LogP) is 2.07. The first-order valence-corrected chi connectivity index (χ1v) is 7.97. The van der Waals surface area contributed by atoms with Crippen LogP contribution in [0, 0.1) is 0 Å². The molecule has 0 aromatic heterocycles. The van der Waals surface area contributed by atoms with Crippen LogP contribution in [0.3, 0.4) is 0 Å². The van der Waals surface area contributed by atoms with Gasteiger partial charge in [-0.1, -0.05) is 42.1 Å². The SMILES string of the molecule is O=C(CSCc1ccccc1)N[C@@H]1CCSC1=O. The Balaban J connectivity index is 1.67. The highest BCUT2D eigenvalue weighted by atomic mass is 32.2. The van der Waals surface area contributed by atoms with Crippen LogP contribution in [0.5, 0.6) is 0 Å². The molecule has 0 radical (unpaired) electrons. The second-order valence-corrected chi connectivity index (χ2v) is 6.14. The molecule has 0 spiro atoms. The summed E-state index contributed by atoms with van der Waals surface area (Å²) >= 11 is 2.88. The van der Waals surface area contributed by atoms with Gasteiger partial charge in [-0.05, 0) is 12.0 Å². The number of thioether (sulfide) groups is 2. The molecule has 0 bridgehead atoms. The van der Waals surface area contributed by atoms with E-state index in [0.717, 1.165) is 17.9 Å². The van der Waals surface area contributed by atoms with Gasteiger partial charge < -0.3 is 5.32 Å². The third-order valence-corrected chi connectivity index (χ3v) is 4.63. The molecule has 1 aromatic carbocycles. The minimum atomic E-state index is -0.264. The van der Waals surface area contributed by atoms with Gasteiger partial charge in [0.15, 0.2) is 0 Å². The number of hydrogen-bond acceptors (Lipinski definition) is 4. The first-order valence-electron chi connectivity index (χ1n) is 5.83. The van der Waals surface area contributed by atoms with Crippen LogP contribution in [0.2, 0.25) is 0 Å². The van der Waals surface area contributed by atoms with E-state index in [-0.39, 0.29) is 17.1 Å². The van der Waals surface area contributed by atoms with E-state index < -0.39 is 0 Å². The van der Waals surface area contributed by atoms with E-state index in [4.69, 9.17) is 0 Å². The van der Waals surface area contributed by atoms with Crippen LogP contribution >= 0.6 is 23.5 Å². The molecule has 0 aliphatic carbocycles. The average molecular weight is 281 g/mol. The largest absolute Gasteiger partial charge is 0.345 e. The zero-order valence-electron chi connectivity index (χ0n) is 9.93. The number of carbonyl (C=O) groups excluding carboxylic acids is 2. The van der Waals surface area contributed by atoms with E-state index in [1.165, 1.54) is 17.3 Å². The molecule has 2 rings (SSSR count). The Morgan fingerprint density at radius 3 is 2.83 bits per heavy atom. The van der Waals surface area contributed by atoms with Gasteiger partial charge in [-0.25, -0.2) is 0 Å². The topological polar surface area (TPSA) is 46.2 Å². The Kier molecular flexibility index (Phi) is 5.13. The Morgan fingerprint density at radius 2 is 2.17 bits per heavy atom. The Hall–Kier alpha value is -0.940. The maximum Gasteiger partial charge on any atom is 0.230 e. The number of hydrogen-bond donors (Lipinski definition) is 1. The third-order valence-electron chi connectivity index (χ3n) is 2.62. The second kappa shape index (κ2) is 6.85. The lowest BCUT2D eigenvalue weighted by Crippen LogP contribution is -2.38. The molecule has 1 heterocycles. The van der Waals surface area contributed by atoms with Crippen LogP contribution in [0.4, 0.5) is 0 Å². The van der Waals surface area contributed by atoms with E-state index in [1.54, 1.807) is 11.8 Å². The van der Waals surface area contributed by atoms with Gasteiger partial charge in [0.1, 0.15) is 0 Å². The maximum absolute atomic E-state index is 11.6. The van der Waals surface area contributed by atoms with Crippen molar-refractivity contribution in [3.8, 4) is 0 Å². The van der Waals surface area contributed by atoms with Gasteiger partial charge >= 0.3 is 0 Å². The highest BCUT2D eigenvalue weighted by Gasteiger charge is 2.26. The molecular weight excluding hydrogens is 266 g/mol. The highest BCUT2D eigenvalue weighted by Crippen LogP contribution is 2.19. The van der Waals surface area contributed by atoms with Crippen molar-refractivity contribution in [3.63, 3.8) is 0 Å². The van der Waals surface area contributed by atoms with Gasteiger partial charge in [0, 0.05) is 11.5 Å². The quantitative estimate of drug-likeness (QED) is 0.897. The highest BCUT2D eigenvalue weighted by molar-refractivity contribution is 8.14. The molecule has 1 aromatic rings. The molecule has 3 nitrogen and oxygen atoms in total. The van der Waals surface area contributed by atoms with Crippen LogP contribution in [0.1, 0.15) is 12.0 Å². The van der Waals surface area contributed by atoms with Crippen molar-refractivity contribution in [2.45, 2.75) is 18.2 Å². The molecule has 18 heavy (non-hydrogen) atoms. The second-order valence-electron chi connectivity index (χ2n) is 4.05. The first kappa shape index (κ1) is 13.5. The molecular formula is C13H15NO2S2. The Bertz CT molecular complexity index is 422. The number of nitrogens with one attached hydrogen (secondary N) is 1. The molecule has 1 fully saturated rings. The van der Waals surface area contributed by atoms with Crippen molar-refractivity contribution < 1.29 is 9.59 Å². The van der Waals surface area contributed by atoms with E-state index in [0.29, 0.717) is 5.75 Å². The monoisotopic (exact) mass is 281 g/mol. The van der Waals surface area contributed by atoms with Crippen molar-refractivity contribution >= 4 is 34.5 Å². The molecule has 1 atom stereocenters. The van der Waals surface area contributed by atoms with Gasteiger partial charge in [0.05, 0.1) is 11.8 Å². The van der Waals surface area contributed by atoms with E-state index in [2.05, 4.69) is 5.32 Å². The lowest BCUT2D eigenvalue weighted by atomic mass is 10.2. The zero-order valence-corrected chi connectivity index (χ0v) is 11.6. The molecule has 96 valence electrons. The van der Waals surface area contributed by atoms with Gasteiger partial charge in [-0.3, -0.25) is 9.59 Å². The molecule has 1 N–H and O–H groups in total. The molecule has 0 unspecified atom stereocenters. The summed E-state index contributed by atoms with van der Waals surface area (Å²) in [7, 11) is 0. The summed E-state index contributed by atoms with van der Waals surface area (Å²) in [4.78, 5) is 23.0. The Labute approximate surface area is 115 Å². The van der Waals surface area contributed by atoms with Gasteiger partial charge in [-0.2, -0.15) is 0 Å². The summed E-state index contributed by atoms with van der Waals surface area (Å²) in [6.07, 6.45) is 0.762. The smallest absolute Gasteiger partial charge is 0.230 e. The summed E-state index contributed by atoms with van der Waals surface area (Å²) in [5, 5.41) is 2.88. The van der Waals surface area contributed by atoms with Crippen LogP contribution in [-0.2, 0) is 15.3 Å². The van der Waals surface area contributed by atoms with E-state index >= 15 is 0 Å².